The Bertz CT molecular complexity index is 3020. The summed E-state index contributed by atoms with van der Waals surface area (Å²) in [5.41, 5.74) is 5.07. The largest absolute Gasteiger partial charge is 0.489 e. The number of hydrogen-bond donors (Lipinski definition) is 3. The Morgan fingerprint density at radius 1 is 0.958 bits per heavy atom. The number of aryl methyl sites for hydroxylation is 1. The van der Waals surface area contributed by atoms with Crippen LogP contribution in [-0.2, 0) is 14.8 Å². The summed E-state index contributed by atoms with van der Waals surface area (Å²) >= 11 is 0. The number of halogens is 2. The Labute approximate surface area is 410 Å². The molecular weight excluding hydrogens is 937 g/mol. The molecule has 1 amide bonds. The highest BCUT2D eigenvalue weighted by molar-refractivity contribution is 7.90. The summed E-state index contributed by atoms with van der Waals surface area (Å²) in [6.45, 7) is 6.17. The van der Waals surface area contributed by atoms with Gasteiger partial charge in [0.25, 0.3) is 27.5 Å². The van der Waals surface area contributed by atoms with Gasteiger partial charge in [-0.3, -0.25) is 19.8 Å². The summed E-state index contributed by atoms with van der Waals surface area (Å²) in [4.78, 5) is 42.8. The van der Waals surface area contributed by atoms with Crippen LogP contribution in [0.5, 0.6) is 11.6 Å². The van der Waals surface area contributed by atoms with Gasteiger partial charge < -0.3 is 39.2 Å². The molecule has 17 nitrogen and oxygen atoms in total. The van der Waals surface area contributed by atoms with E-state index in [1.54, 1.807) is 12.3 Å². The minimum Gasteiger partial charge on any atom is -0.489 e. The summed E-state index contributed by atoms with van der Waals surface area (Å²) in [5, 5.41) is 16.4. The van der Waals surface area contributed by atoms with Crippen molar-refractivity contribution in [1.29, 1.82) is 0 Å². The van der Waals surface area contributed by atoms with Gasteiger partial charge in [-0.2, -0.15) is 4.98 Å². The zero-order chi connectivity index (χ0) is 48.8. The molecule has 0 unspecified atom stereocenters. The second kappa shape index (κ2) is 17.6. The summed E-state index contributed by atoms with van der Waals surface area (Å²) in [6, 6.07) is 20.3. The number of hydrogen-bond acceptors (Lipinski definition) is 14. The molecule has 374 valence electrons. The van der Waals surface area contributed by atoms with E-state index in [9.17, 15) is 32.1 Å². The van der Waals surface area contributed by atoms with Crippen LogP contribution in [0.2, 0.25) is 0 Å². The molecule has 7 aliphatic rings. The number of carbonyl (C=O) groups is 1. The van der Waals surface area contributed by atoms with Crippen LogP contribution < -0.4 is 29.3 Å². The number of nitro groups is 1. The summed E-state index contributed by atoms with van der Waals surface area (Å²) in [6.07, 6.45) is 7.60. The van der Waals surface area contributed by atoms with E-state index in [4.69, 9.17) is 19.2 Å². The highest BCUT2D eigenvalue weighted by Gasteiger charge is 2.50. The van der Waals surface area contributed by atoms with E-state index in [-0.39, 0.29) is 68.2 Å². The first-order valence-electron chi connectivity index (χ1n) is 24.8. The molecule has 5 fully saturated rings. The van der Waals surface area contributed by atoms with Crippen molar-refractivity contribution in [2.24, 2.45) is 5.41 Å². The smallest absolute Gasteiger partial charge is 0.297 e. The van der Waals surface area contributed by atoms with E-state index in [1.807, 2.05) is 34.1 Å². The topological polar surface area (TPSA) is 188 Å². The van der Waals surface area contributed by atoms with Gasteiger partial charge in [-0.25, -0.2) is 21.9 Å². The second-order valence-corrected chi connectivity index (χ2v) is 22.4. The lowest BCUT2D eigenvalue weighted by Crippen LogP contribution is -2.55. The Hall–Kier alpha value is -6.09. The molecule has 4 saturated heterocycles. The molecular formula is C51H57F2N9O8S. The molecule has 1 aliphatic carbocycles. The zero-order valence-corrected chi connectivity index (χ0v) is 40.3. The number of H-pyrrole nitrogens is 1. The predicted molar refractivity (Wildman–Crippen MR) is 262 cm³/mol. The van der Waals surface area contributed by atoms with Crippen LogP contribution in [0.4, 0.5) is 37.2 Å². The van der Waals surface area contributed by atoms with Gasteiger partial charge in [0.15, 0.2) is 11.4 Å². The molecule has 0 radical (unpaired) electrons. The van der Waals surface area contributed by atoms with Crippen LogP contribution >= 0.6 is 0 Å². The van der Waals surface area contributed by atoms with Crippen molar-refractivity contribution in [1.82, 2.24) is 24.5 Å². The fraction of sp³-hybridized carbons (Fsp3) is 0.490. The maximum Gasteiger partial charge on any atom is 0.297 e. The minimum atomic E-state index is -4.75. The lowest BCUT2D eigenvalue weighted by atomic mass is 9.59. The predicted octanol–water partition coefficient (Wildman–Crippen LogP) is 7.69. The van der Waals surface area contributed by atoms with Crippen LogP contribution in [0.15, 0.2) is 77.8 Å². The highest BCUT2D eigenvalue weighted by atomic mass is 32.2. The molecule has 20 heteroatoms. The number of nitrogens with one attached hydrogen (secondary N) is 3. The van der Waals surface area contributed by atoms with E-state index < -0.39 is 55.5 Å². The van der Waals surface area contributed by atoms with Crippen molar-refractivity contribution in [2.75, 3.05) is 74.2 Å². The van der Waals surface area contributed by atoms with Crippen molar-refractivity contribution in [3.05, 3.63) is 99.7 Å². The van der Waals surface area contributed by atoms with E-state index in [1.165, 1.54) is 36.8 Å². The number of piperidine rings is 2. The molecule has 71 heavy (non-hydrogen) atoms. The zero-order valence-electron chi connectivity index (χ0n) is 39.4. The number of carbonyl (C=O) groups excluding carboxylic acids is 1. The number of anilines is 4. The van der Waals surface area contributed by atoms with Gasteiger partial charge in [0.05, 0.1) is 46.4 Å². The molecule has 2 aromatic heterocycles. The van der Waals surface area contributed by atoms with E-state index in [2.05, 4.69) is 56.0 Å². The SMILES string of the molecule is Cc1ccccc1[C@@H]1CCCN1C1CC2(CCN(c3ccc(C(=O)NS(=O)(=O)c4cc5c(c([N+](=O)[O-])c4)N[C@@H](CN4CCC(F)(F)CC4)CO5)c(N4c5cc6cc[nH]c6nc5O[C@@H]5COC[C@H]54)c3)CC2)C1. The number of aromatic nitrogens is 2. The maximum atomic E-state index is 14.7. The number of aromatic amines is 1. The number of sulfonamides is 1. The Morgan fingerprint density at radius 3 is 2.55 bits per heavy atom. The number of alkyl halides is 2. The van der Waals surface area contributed by atoms with Crippen LogP contribution in [-0.4, -0.2) is 128 Å². The molecule has 1 saturated carbocycles. The van der Waals surface area contributed by atoms with E-state index in [0.717, 1.165) is 55.7 Å². The third kappa shape index (κ3) is 8.49. The lowest BCUT2D eigenvalue weighted by molar-refractivity contribution is -0.384. The summed E-state index contributed by atoms with van der Waals surface area (Å²) in [7, 11) is -4.75. The monoisotopic (exact) mass is 993 g/mol. The Morgan fingerprint density at radius 2 is 1.76 bits per heavy atom. The number of pyridine rings is 1. The van der Waals surface area contributed by atoms with Gasteiger partial charge in [-0.15, -0.1) is 0 Å². The number of nitrogens with zero attached hydrogens (tertiary/aromatic N) is 6. The highest BCUT2D eigenvalue weighted by Crippen LogP contribution is 2.55. The standard InChI is InChI=1S/C51H57F2N9O8S/c1-31-5-2-3-6-37(31)39-7-4-16-60(39)35-25-50(26-35)11-19-59(20-12-50)34-8-9-38(40(22-34)61-42-21-32-10-15-54-47(32)56-49(42)70-45-30-68-29-43(45)61)48(63)57-71(66,67)36-23-41(62(64)65)46-44(24-36)69-28-33(55-46)27-58-17-13-51(52,53)14-18-58/h2-3,5-6,8-10,15,21-24,33,35,39,43,45,55H,4,7,11-14,16-20,25-30H2,1H3,(H,54,56)(H,57,63)/t33-,39-,43+,45+/m0/s1. The number of benzene rings is 3. The number of amides is 1. The molecule has 0 bridgehead atoms. The summed E-state index contributed by atoms with van der Waals surface area (Å²) in [5.74, 6) is -3.41. The van der Waals surface area contributed by atoms with Crippen molar-refractivity contribution in [2.45, 2.75) is 99.4 Å². The molecule has 6 aliphatic heterocycles. The number of nitro benzene ring substituents is 1. The number of likely N-dealkylation sites (tertiary alicyclic amines) is 2. The fourth-order valence-electron chi connectivity index (χ4n) is 12.5. The van der Waals surface area contributed by atoms with Crippen molar-refractivity contribution >= 4 is 55.4 Å². The first-order chi connectivity index (χ1) is 34.2. The average Bonchev–Trinajstić information content (AvgIpc) is 4.14. The quantitative estimate of drug-likeness (QED) is 0.0913. The molecule has 12 rings (SSSR count). The van der Waals surface area contributed by atoms with Crippen LogP contribution in [0.3, 0.4) is 0 Å². The van der Waals surface area contributed by atoms with Gasteiger partial charge in [-0.1, -0.05) is 24.3 Å². The third-order valence-electron chi connectivity index (χ3n) is 16.3. The number of ether oxygens (including phenoxy) is 3. The molecule has 1 spiro atoms. The molecule has 8 heterocycles. The first-order valence-corrected chi connectivity index (χ1v) is 26.3. The normalized spacial score (nSPS) is 25.1. The first kappa shape index (κ1) is 46.0. The van der Waals surface area contributed by atoms with Gasteiger partial charge in [0.2, 0.25) is 5.88 Å². The Balaban J connectivity index is 0.819. The number of fused-ring (bicyclic) bond motifs is 4. The fourth-order valence-corrected chi connectivity index (χ4v) is 13.5. The second-order valence-electron chi connectivity index (χ2n) is 20.7. The lowest BCUT2D eigenvalue weighted by Gasteiger charge is -2.56. The van der Waals surface area contributed by atoms with Crippen LogP contribution in [0.25, 0.3) is 11.0 Å². The minimum absolute atomic E-state index is 0.00543. The molecule has 3 aromatic carbocycles. The summed E-state index contributed by atoms with van der Waals surface area (Å²) < 4.78 is 76.8. The van der Waals surface area contributed by atoms with Crippen molar-refractivity contribution < 1.29 is 41.1 Å². The van der Waals surface area contributed by atoms with E-state index >= 15 is 0 Å². The molecule has 5 aromatic rings. The van der Waals surface area contributed by atoms with Gasteiger partial charge in [0, 0.05) is 87.1 Å². The average molecular weight is 994 g/mol. The van der Waals surface area contributed by atoms with Gasteiger partial charge in [0.1, 0.15) is 24.0 Å². The Kier molecular flexibility index (Phi) is 11.4. The van der Waals surface area contributed by atoms with E-state index in [0.29, 0.717) is 41.5 Å². The molecule has 3 N–H and O–H groups in total. The van der Waals surface area contributed by atoms with Crippen molar-refractivity contribution in [3.8, 4) is 11.6 Å². The van der Waals surface area contributed by atoms with Gasteiger partial charge in [-0.05, 0) is 98.9 Å². The third-order valence-corrected chi connectivity index (χ3v) is 17.6. The number of rotatable bonds is 10. The van der Waals surface area contributed by atoms with Crippen LogP contribution in [0, 0.1) is 22.5 Å². The van der Waals surface area contributed by atoms with Crippen molar-refractivity contribution in [3.63, 3.8) is 0 Å². The molecule has 4 atom stereocenters. The maximum absolute atomic E-state index is 14.7. The van der Waals surface area contributed by atoms with Crippen LogP contribution in [0.1, 0.15) is 78.9 Å². The van der Waals surface area contributed by atoms with Gasteiger partial charge >= 0.3 is 0 Å².